The zero-order valence-corrected chi connectivity index (χ0v) is 10.6. The summed E-state index contributed by atoms with van der Waals surface area (Å²) in [6.07, 6.45) is 0.839. The van der Waals surface area contributed by atoms with Crippen molar-refractivity contribution in [3.05, 3.63) is 18.2 Å². The van der Waals surface area contributed by atoms with Gasteiger partial charge in [0.1, 0.15) is 5.75 Å². The minimum Gasteiger partial charge on any atom is -0.497 e. The van der Waals surface area contributed by atoms with Crippen molar-refractivity contribution >= 4 is 17.3 Å². The van der Waals surface area contributed by atoms with Gasteiger partial charge in [0.15, 0.2) is 0 Å². The van der Waals surface area contributed by atoms with Crippen molar-refractivity contribution in [2.45, 2.75) is 19.4 Å². The Morgan fingerprint density at radius 1 is 1.56 bits per heavy atom. The summed E-state index contributed by atoms with van der Waals surface area (Å²) in [5.41, 5.74) is 6.92. The minimum absolute atomic E-state index is 0.0478. The van der Waals surface area contributed by atoms with E-state index in [-0.39, 0.29) is 17.9 Å². The van der Waals surface area contributed by atoms with Gasteiger partial charge in [0, 0.05) is 12.7 Å². The minimum atomic E-state index is -0.0597. The van der Waals surface area contributed by atoms with Crippen LogP contribution in [0.5, 0.6) is 5.75 Å². The first kappa shape index (κ1) is 12.7. The van der Waals surface area contributed by atoms with Gasteiger partial charge in [-0.15, -0.1) is 0 Å². The number of ether oxygens (including phenoxy) is 2. The standard InChI is InChI=1S/C13H18N2O3/c1-3-18-12-7-9(12)13(16)15-11-6-8(17-2)4-5-10(11)14/h4-6,9,12H,3,7,14H2,1-2H3,(H,15,16). The maximum atomic E-state index is 11.9. The average Bonchev–Trinajstić information content (AvgIpc) is 3.12. The molecule has 0 bridgehead atoms. The summed E-state index contributed by atoms with van der Waals surface area (Å²) in [6, 6.07) is 5.18. The van der Waals surface area contributed by atoms with Crippen molar-refractivity contribution in [1.82, 2.24) is 0 Å². The number of carbonyl (C=O) groups excluding carboxylic acids is 1. The lowest BCUT2D eigenvalue weighted by Gasteiger charge is -2.09. The molecule has 2 atom stereocenters. The molecule has 0 heterocycles. The number of hydrogen-bond acceptors (Lipinski definition) is 4. The SMILES string of the molecule is CCOC1CC1C(=O)Nc1cc(OC)ccc1N. The molecule has 5 heteroatoms. The largest absolute Gasteiger partial charge is 0.497 e. The number of amides is 1. The van der Waals surface area contributed by atoms with Gasteiger partial charge in [-0.25, -0.2) is 0 Å². The lowest BCUT2D eigenvalue weighted by Crippen LogP contribution is -2.17. The third kappa shape index (κ3) is 2.73. The Morgan fingerprint density at radius 3 is 3.00 bits per heavy atom. The average molecular weight is 250 g/mol. The van der Waals surface area contributed by atoms with Gasteiger partial charge in [-0.1, -0.05) is 0 Å². The van der Waals surface area contributed by atoms with E-state index in [4.69, 9.17) is 15.2 Å². The van der Waals surface area contributed by atoms with Crippen molar-refractivity contribution in [1.29, 1.82) is 0 Å². The first-order valence-electron chi connectivity index (χ1n) is 6.01. The smallest absolute Gasteiger partial charge is 0.230 e. The van der Waals surface area contributed by atoms with E-state index in [2.05, 4.69) is 5.32 Å². The molecule has 1 saturated carbocycles. The number of carbonyl (C=O) groups is 1. The fourth-order valence-corrected chi connectivity index (χ4v) is 1.84. The van der Waals surface area contributed by atoms with Crippen LogP contribution in [0.4, 0.5) is 11.4 Å². The van der Waals surface area contributed by atoms with Crippen LogP contribution in [-0.4, -0.2) is 25.7 Å². The third-order valence-electron chi connectivity index (χ3n) is 2.97. The highest BCUT2D eigenvalue weighted by Crippen LogP contribution is 2.35. The number of benzene rings is 1. The Labute approximate surface area is 106 Å². The molecule has 0 radical (unpaired) electrons. The van der Waals surface area contributed by atoms with Crippen LogP contribution < -0.4 is 15.8 Å². The van der Waals surface area contributed by atoms with Gasteiger partial charge in [-0.05, 0) is 25.5 Å². The van der Waals surface area contributed by atoms with Crippen molar-refractivity contribution in [2.24, 2.45) is 5.92 Å². The van der Waals surface area contributed by atoms with Crippen LogP contribution in [-0.2, 0) is 9.53 Å². The predicted octanol–water partition coefficient (Wildman–Crippen LogP) is 1.64. The number of nitrogens with one attached hydrogen (secondary N) is 1. The highest BCUT2D eigenvalue weighted by Gasteiger charge is 2.44. The Hall–Kier alpha value is -1.75. The van der Waals surface area contributed by atoms with Crippen molar-refractivity contribution in [3.63, 3.8) is 0 Å². The van der Waals surface area contributed by atoms with E-state index in [0.29, 0.717) is 23.7 Å². The summed E-state index contributed by atoms with van der Waals surface area (Å²) in [4.78, 5) is 11.9. The molecule has 0 aromatic heterocycles. The van der Waals surface area contributed by atoms with E-state index >= 15 is 0 Å². The van der Waals surface area contributed by atoms with Gasteiger partial charge in [-0.2, -0.15) is 0 Å². The quantitative estimate of drug-likeness (QED) is 0.779. The molecular formula is C13H18N2O3. The van der Waals surface area contributed by atoms with Crippen LogP contribution >= 0.6 is 0 Å². The van der Waals surface area contributed by atoms with E-state index in [1.54, 1.807) is 25.3 Å². The molecule has 1 aromatic carbocycles. The van der Waals surface area contributed by atoms with Gasteiger partial charge in [-0.3, -0.25) is 4.79 Å². The summed E-state index contributed by atoms with van der Waals surface area (Å²) < 4.78 is 10.5. The number of rotatable bonds is 5. The van der Waals surface area contributed by atoms with Gasteiger partial charge < -0.3 is 20.5 Å². The molecule has 2 unspecified atom stereocenters. The Bertz CT molecular complexity index is 448. The highest BCUT2D eigenvalue weighted by atomic mass is 16.5. The molecule has 1 aromatic rings. The zero-order chi connectivity index (χ0) is 13.1. The lowest BCUT2D eigenvalue weighted by molar-refractivity contribution is -0.118. The molecule has 5 nitrogen and oxygen atoms in total. The maximum Gasteiger partial charge on any atom is 0.230 e. The summed E-state index contributed by atoms with van der Waals surface area (Å²) >= 11 is 0. The number of nitrogen functional groups attached to an aromatic ring is 1. The van der Waals surface area contributed by atoms with E-state index < -0.39 is 0 Å². The van der Waals surface area contributed by atoms with Crippen LogP contribution in [0.2, 0.25) is 0 Å². The zero-order valence-electron chi connectivity index (χ0n) is 10.6. The summed E-state index contributed by atoms with van der Waals surface area (Å²) in [6.45, 7) is 2.56. The van der Waals surface area contributed by atoms with Crippen molar-refractivity contribution < 1.29 is 14.3 Å². The summed E-state index contributed by atoms with van der Waals surface area (Å²) in [5, 5.41) is 2.81. The molecule has 2 rings (SSSR count). The van der Waals surface area contributed by atoms with Gasteiger partial charge in [0.25, 0.3) is 0 Å². The van der Waals surface area contributed by atoms with Crippen LogP contribution in [0.25, 0.3) is 0 Å². The second kappa shape index (κ2) is 5.27. The molecule has 1 aliphatic carbocycles. The van der Waals surface area contributed by atoms with Gasteiger partial charge in [0.05, 0.1) is 30.5 Å². The van der Waals surface area contributed by atoms with Crippen LogP contribution in [0.1, 0.15) is 13.3 Å². The first-order chi connectivity index (χ1) is 8.65. The summed E-state index contributed by atoms with van der Waals surface area (Å²) in [7, 11) is 1.57. The van der Waals surface area contributed by atoms with E-state index in [9.17, 15) is 4.79 Å². The molecule has 18 heavy (non-hydrogen) atoms. The first-order valence-corrected chi connectivity index (χ1v) is 6.01. The predicted molar refractivity (Wildman–Crippen MR) is 69.6 cm³/mol. The molecule has 0 saturated heterocycles. The summed E-state index contributed by atoms with van der Waals surface area (Å²) in [5.74, 6) is 0.556. The number of methoxy groups -OCH3 is 1. The number of anilines is 2. The fraction of sp³-hybridized carbons (Fsp3) is 0.462. The third-order valence-corrected chi connectivity index (χ3v) is 2.97. The molecular weight excluding hydrogens is 232 g/mol. The monoisotopic (exact) mass is 250 g/mol. The maximum absolute atomic E-state index is 11.9. The highest BCUT2D eigenvalue weighted by molar-refractivity contribution is 5.97. The number of hydrogen-bond donors (Lipinski definition) is 2. The fourth-order valence-electron chi connectivity index (χ4n) is 1.84. The lowest BCUT2D eigenvalue weighted by atomic mass is 10.2. The van der Waals surface area contributed by atoms with E-state index in [1.807, 2.05) is 6.92 Å². The number of nitrogens with two attached hydrogens (primary N) is 1. The molecule has 0 spiro atoms. The molecule has 98 valence electrons. The van der Waals surface area contributed by atoms with E-state index in [0.717, 1.165) is 6.42 Å². The Kier molecular flexibility index (Phi) is 3.72. The molecule has 3 N–H and O–H groups in total. The molecule has 1 aliphatic rings. The van der Waals surface area contributed by atoms with Crippen LogP contribution in [0.15, 0.2) is 18.2 Å². The van der Waals surface area contributed by atoms with E-state index in [1.165, 1.54) is 0 Å². The normalized spacial score (nSPS) is 21.4. The van der Waals surface area contributed by atoms with Crippen molar-refractivity contribution in [2.75, 3.05) is 24.8 Å². The van der Waals surface area contributed by atoms with Gasteiger partial charge in [0.2, 0.25) is 5.91 Å². The topological polar surface area (TPSA) is 73.6 Å². The molecule has 1 amide bonds. The Balaban J connectivity index is 1.99. The van der Waals surface area contributed by atoms with Gasteiger partial charge >= 0.3 is 0 Å². The Morgan fingerprint density at radius 2 is 2.33 bits per heavy atom. The van der Waals surface area contributed by atoms with Crippen molar-refractivity contribution in [3.8, 4) is 5.75 Å². The molecule has 1 fully saturated rings. The molecule has 0 aliphatic heterocycles. The van der Waals surface area contributed by atoms with Crippen LogP contribution in [0.3, 0.4) is 0 Å². The second-order valence-electron chi connectivity index (χ2n) is 4.28. The second-order valence-corrected chi connectivity index (χ2v) is 4.28. The van der Waals surface area contributed by atoms with Crippen LogP contribution in [0, 0.1) is 5.92 Å².